The minimum Gasteiger partial charge on any atom is -0.317 e. The maximum Gasteiger partial charge on any atom is 0.246 e. The van der Waals surface area contributed by atoms with Crippen molar-refractivity contribution in [3.63, 3.8) is 0 Å². The molecule has 0 aromatic carbocycles. The van der Waals surface area contributed by atoms with Crippen LogP contribution in [0.25, 0.3) is 0 Å². The molecule has 0 amide bonds. The first kappa shape index (κ1) is 16.5. The van der Waals surface area contributed by atoms with Gasteiger partial charge in [-0.15, -0.1) is 0 Å². The van der Waals surface area contributed by atoms with Crippen molar-refractivity contribution in [3.05, 3.63) is 12.4 Å². The second-order valence-electron chi connectivity index (χ2n) is 5.51. The maximum absolute atomic E-state index is 12.5. The number of sulfonamides is 1. The molecule has 1 N–H and O–H groups in total. The zero-order valence-electron chi connectivity index (χ0n) is 12.8. The summed E-state index contributed by atoms with van der Waals surface area (Å²) in [5.74, 6) is 0. The second-order valence-corrected chi connectivity index (χ2v) is 7.45. The molecule has 0 unspecified atom stereocenters. The highest BCUT2D eigenvalue weighted by molar-refractivity contribution is 7.89. The number of nitrogens with one attached hydrogen (secondary N) is 1. The van der Waals surface area contributed by atoms with Crippen LogP contribution >= 0.6 is 0 Å². The Morgan fingerprint density at radius 2 is 2.00 bits per heavy atom. The molecule has 21 heavy (non-hydrogen) atoms. The molecule has 2 heterocycles. The lowest BCUT2D eigenvalue weighted by Gasteiger charge is -2.25. The number of nitrogens with zero attached hydrogens (tertiary/aromatic N) is 3. The summed E-state index contributed by atoms with van der Waals surface area (Å²) in [6.45, 7) is 6.10. The summed E-state index contributed by atoms with van der Waals surface area (Å²) in [5, 5.41) is 7.50. The van der Waals surface area contributed by atoms with Crippen molar-refractivity contribution >= 4 is 10.0 Å². The van der Waals surface area contributed by atoms with Crippen LogP contribution in [0.15, 0.2) is 17.3 Å². The number of rotatable bonds is 8. The lowest BCUT2D eigenvalue weighted by atomic mass is 10.2. The first-order valence-electron chi connectivity index (χ1n) is 7.88. The minimum atomic E-state index is -3.35. The van der Waals surface area contributed by atoms with Gasteiger partial charge >= 0.3 is 0 Å². The third-order valence-corrected chi connectivity index (χ3v) is 5.58. The Kier molecular flexibility index (Phi) is 6.20. The van der Waals surface area contributed by atoms with E-state index in [0.717, 1.165) is 51.7 Å². The molecule has 0 bridgehead atoms. The van der Waals surface area contributed by atoms with E-state index in [1.54, 1.807) is 15.2 Å². The molecule has 1 saturated heterocycles. The molecule has 1 fully saturated rings. The fourth-order valence-electron chi connectivity index (χ4n) is 2.52. The third kappa shape index (κ3) is 4.52. The van der Waals surface area contributed by atoms with Gasteiger partial charge in [0.25, 0.3) is 0 Å². The molecule has 0 atom stereocenters. The van der Waals surface area contributed by atoms with Gasteiger partial charge in [-0.05, 0) is 38.8 Å². The molecule has 2 rings (SSSR count). The van der Waals surface area contributed by atoms with Gasteiger partial charge in [-0.25, -0.2) is 8.42 Å². The highest BCUT2D eigenvalue weighted by Gasteiger charge is 2.27. The maximum atomic E-state index is 12.5. The summed E-state index contributed by atoms with van der Waals surface area (Å²) in [4.78, 5) is 0.325. The van der Waals surface area contributed by atoms with Crippen LogP contribution in [0.2, 0.25) is 0 Å². The van der Waals surface area contributed by atoms with E-state index >= 15 is 0 Å². The van der Waals surface area contributed by atoms with Gasteiger partial charge in [0.1, 0.15) is 4.90 Å². The quantitative estimate of drug-likeness (QED) is 0.738. The predicted octanol–water partition coefficient (Wildman–Crippen LogP) is 1.45. The summed E-state index contributed by atoms with van der Waals surface area (Å²) in [5.41, 5.74) is 0. The van der Waals surface area contributed by atoms with E-state index in [2.05, 4.69) is 17.3 Å². The van der Waals surface area contributed by atoms with Gasteiger partial charge in [0.05, 0.1) is 6.20 Å². The largest absolute Gasteiger partial charge is 0.317 e. The van der Waals surface area contributed by atoms with E-state index in [1.165, 1.54) is 6.20 Å². The molecule has 1 aliphatic rings. The van der Waals surface area contributed by atoms with Crippen molar-refractivity contribution in [3.8, 4) is 0 Å². The molecule has 0 spiro atoms. The number of hydrogen-bond acceptors (Lipinski definition) is 4. The Hall–Kier alpha value is -0.920. The Bertz CT molecular complexity index is 521. The highest BCUT2D eigenvalue weighted by Crippen LogP contribution is 2.19. The van der Waals surface area contributed by atoms with E-state index in [1.807, 2.05) is 0 Å². The van der Waals surface area contributed by atoms with Crippen LogP contribution in [0.5, 0.6) is 0 Å². The molecule has 1 aromatic heterocycles. The van der Waals surface area contributed by atoms with Crippen LogP contribution in [0.3, 0.4) is 0 Å². The van der Waals surface area contributed by atoms with E-state index in [0.29, 0.717) is 18.0 Å². The van der Waals surface area contributed by atoms with Crippen molar-refractivity contribution < 1.29 is 8.42 Å². The number of aromatic nitrogens is 2. The van der Waals surface area contributed by atoms with Gasteiger partial charge < -0.3 is 5.32 Å². The van der Waals surface area contributed by atoms with Crippen molar-refractivity contribution in [1.82, 2.24) is 19.4 Å². The summed E-state index contributed by atoms with van der Waals surface area (Å²) in [6, 6.07) is 0. The minimum absolute atomic E-state index is 0.325. The van der Waals surface area contributed by atoms with Gasteiger partial charge in [0.2, 0.25) is 10.0 Å². The smallest absolute Gasteiger partial charge is 0.246 e. The van der Waals surface area contributed by atoms with Crippen LogP contribution in [-0.2, 0) is 16.6 Å². The Morgan fingerprint density at radius 3 is 2.71 bits per heavy atom. The average molecular weight is 314 g/mol. The fourth-order valence-corrected chi connectivity index (χ4v) is 3.99. The van der Waals surface area contributed by atoms with E-state index in [9.17, 15) is 8.42 Å². The lowest BCUT2D eigenvalue weighted by Crippen LogP contribution is -2.35. The zero-order chi connectivity index (χ0) is 15.1. The first-order valence-corrected chi connectivity index (χ1v) is 9.32. The predicted molar refractivity (Wildman–Crippen MR) is 82.6 cm³/mol. The Labute approximate surface area is 127 Å². The van der Waals surface area contributed by atoms with E-state index in [-0.39, 0.29) is 0 Å². The summed E-state index contributed by atoms with van der Waals surface area (Å²) < 4.78 is 28.3. The molecular weight excluding hydrogens is 288 g/mol. The van der Waals surface area contributed by atoms with Crippen LogP contribution < -0.4 is 5.32 Å². The second kappa shape index (κ2) is 7.91. The molecule has 1 aromatic rings. The summed E-state index contributed by atoms with van der Waals surface area (Å²) in [7, 11) is -3.35. The standard InChI is InChI=1S/C14H26N4O2S/c1-2-7-15-8-6-9-17-13-14(12-16-17)21(19,20)18-10-4-3-5-11-18/h12-13,15H,2-11H2,1H3. The SMILES string of the molecule is CCCNCCCn1cc(S(=O)(=O)N2CCCCC2)cn1. The zero-order valence-corrected chi connectivity index (χ0v) is 13.6. The molecule has 0 saturated carbocycles. The van der Waals surface area contributed by atoms with Gasteiger partial charge in [-0.2, -0.15) is 9.40 Å². The Morgan fingerprint density at radius 1 is 1.24 bits per heavy atom. The first-order chi connectivity index (χ1) is 10.1. The summed E-state index contributed by atoms with van der Waals surface area (Å²) >= 11 is 0. The normalized spacial score (nSPS) is 17.2. The third-order valence-electron chi connectivity index (χ3n) is 3.73. The summed E-state index contributed by atoms with van der Waals surface area (Å²) in [6.07, 6.45) is 8.24. The van der Waals surface area contributed by atoms with Crippen molar-refractivity contribution in [1.29, 1.82) is 0 Å². The van der Waals surface area contributed by atoms with Gasteiger partial charge in [0.15, 0.2) is 0 Å². The molecule has 120 valence electrons. The van der Waals surface area contributed by atoms with Crippen LogP contribution in [0, 0.1) is 0 Å². The highest BCUT2D eigenvalue weighted by atomic mass is 32.2. The van der Waals surface area contributed by atoms with Crippen LogP contribution in [0.1, 0.15) is 39.0 Å². The number of hydrogen-bond donors (Lipinski definition) is 1. The molecular formula is C14H26N4O2S. The van der Waals surface area contributed by atoms with Gasteiger partial charge in [0, 0.05) is 25.8 Å². The molecule has 7 heteroatoms. The molecule has 0 radical (unpaired) electrons. The topological polar surface area (TPSA) is 67.2 Å². The molecule has 0 aliphatic carbocycles. The Balaban J connectivity index is 1.89. The average Bonchev–Trinajstić information content (AvgIpc) is 2.98. The fraction of sp³-hybridized carbons (Fsp3) is 0.786. The van der Waals surface area contributed by atoms with Crippen molar-refractivity contribution in [2.75, 3.05) is 26.2 Å². The van der Waals surface area contributed by atoms with Crippen molar-refractivity contribution in [2.24, 2.45) is 0 Å². The lowest BCUT2D eigenvalue weighted by molar-refractivity contribution is 0.346. The van der Waals surface area contributed by atoms with Crippen LogP contribution in [-0.4, -0.2) is 48.7 Å². The number of piperidine rings is 1. The molecule has 6 nitrogen and oxygen atoms in total. The van der Waals surface area contributed by atoms with Gasteiger partial charge in [-0.3, -0.25) is 4.68 Å². The molecule has 1 aliphatic heterocycles. The number of aryl methyl sites for hydroxylation is 1. The van der Waals surface area contributed by atoms with Crippen molar-refractivity contribution in [2.45, 2.75) is 50.5 Å². The van der Waals surface area contributed by atoms with Gasteiger partial charge in [-0.1, -0.05) is 13.3 Å². The van der Waals surface area contributed by atoms with E-state index < -0.39 is 10.0 Å². The van der Waals surface area contributed by atoms with E-state index in [4.69, 9.17) is 0 Å². The van der Waals surface area contributed by atoms with Crippen LogP contribution in [0.4, 0.5) is 0 Å². The monoisotopic (exact) mass is 314 g/mol.